The van der Waals surface area contributed by atoms with E-state index in [1.165, 1.54) is 12.7 Å². The molecule has 1 rings (SSSR count). The van der Waals surface area contributed by atoms with Gasteiger partial charge in [0.1, 0.15) is 0 Å². The molecule has 0 saturated carbocycles. The molecule has 134 valence electrons. The SMILES string of the molecule is CCOP(=O)(C/C(=C\c1ccc(C(C)C)cc1)C(=O)OC)OCC. The molecule has 0 radical (unpaired) electrons. The van der Waals surface area contributed by atoms with E-state index in [0.717, 1.165) is 5.56 Å². The molecule has 0 unspecified atom stereocenters. The third kappa shape index (κ3) is 6.23. The van der Waals surface area contributed by atoms with Crippen molar-refractivity contribution in [2.45, 2.75) is 33.6 Å². The molecule has 1 aromatic carbocycles. The highest BCUT2D eigenvalue weighted by atomic mass is 31.2. The predicted octanol–water partition coefficient (Wildman–Crippen LogP) is 4.63. The quantitative estimate of drug-likeness (QED) is 0.367. The summed E-state index contributed by atoms with van der Waals surface area (Å²) in [6, 6.07) is 7.86. The van der Waals surface area contributed by atoms with E-state index < -0.39 is 13.6 Å². The van der Waals surface area contributed by atoms with Crippen molar-refractivity contribution in [1.29, 1.82) is 0 Å². The number of benzene rings is 1. The molecule has 0 spiro atoms. The molecule has 0 amide bonds. The van der Waals surface area contributed by atoms with Crippen molar-refractivity contribution in [2.75, 3.05) is 26.5 Å². The molecule has 0 aliphatic rings. The molecule has 0 saturated heterocycles. The van der Waals surface area contributed by atoms with Gasteiger partial charge in [0.2, 0.25) is 0 Å². The summed E-state index contributed by atoms with van der Waals surface area (Å²) in [7, 11) is -2.08. The molecule has 0 aliphatic heterocycles. The van der Waals surface area contributed by atoms with Crippen LogP contribution >= 0.6 is 7.60 Å². The van der Waals surface area contributed by atoms with Gasteiger partial charge in [0.05, 0.1) is 26.5 Å². The standard InChI is InChI=1S/C18H27O5P/c1-6-22-24(20,23-7-2)13-17(18(19)21-5)12-15-8-10-16(11-9-15)14(3)4/h8-12,14H,6-7,13H2,1-5H3/b17-12+. The molecule has 0 N–H and O–H groups in total. The molecule has 0 atom stereocenters. The molecular weight excluding hydrogens is 327 g/mol. The maximum atomic E-state index is 12.7. The van der Waals surface area contributed by atoms with Gasteiger partial charge in [0.25, 0.3) is 0 Å². The number of carbonyl (C=O) groups is 1. The fourth-order valence-electron chi connectivity index (χ4n) is 2.21. The Morgan fingerprint density at radius 2 is 1.67 bits per heavy atom. The number of ether oxygens (including phenoxy) is 1. The monoisotopic (exact) mass is 354 g/mol. The molecule has 24 heavy (non-hydrogen) atoms. The van der Waals surface area contributed by atoms with Crippen LogP contribution in [-0.2, 0) is 23.1 Å². The van der Waals surface area contributed by atoms with Gasteiger partial charge in [-0.15, -0.1) is 0 Å². The van der Waals surface area contributed by atoms with E-state index in [1.807, 2.05) is 24.3 Å². The number of methoxy groups -OCH3 is 1. The smallest absolute Gasteiger partial charge is 0.335 e. The Balaban J connectivity index is 3.11. The van der Waals surface area contributed by atoms with Crippen molar-refractivity contribution in [1.82, 2.24) is 0 Å². The van der Waals surface area contributed by atoms with E-state index in [2.05, 4.69) is 13.8 Å². The summed E-state index contributed by atoms with van der Waals surface area (Å²) in [4.78, 5) is 12.1. The molecule has 5 nitrogen and oxygen atoms in total. The maximum absolute atomic E-state index is 12.7. The molecule has 6 heteroatoms. The van der Waals surface area contributed by atoms with Crippen molar-refractivity contribution in [3.8, 4) is 0 Å². The van der Waals surface area contributed by atoms with Gasteiger partial charge in [-0.05, 0) is 37.0 Å². The minimum absolute atomic E-state index is 0.118. The van der Waals surface area contributed by atoms with Crippen LogP contribution in [0.2, 0.25) is 0 Å². The number of carbonyl (C=O) groups excluding carboxylic acids is 1. The number of esters is 1. The van der Waals surface area contributed by atoms with E-state index in [-0.39, 0.29) is 24.9 Å². The molecule has 0 aliphatic carbocycles. The minimum Gasteiger partial charge on any atom is -0.466 e. The van der Waals surface area contributed by atoms with Crippen molar-refractivity contribution in [2.24, 2.45) is 0 Å². The predicted molar refractivity (Wildman–Crippen MR) is 96.2 cm³/mol. The van der Waals surface area contributed by atoms with E-state index in [4.69, 9.17) is 13.8 Å². The first kappa shape index (κ1) is 20.6. The lowest BCUT2D eigenvalue weighted by atomic mass is 10.0. The fourth-order valence-corrected chi connectivity index (χ4v) is 3.89. The van der Waals surface area contributed by atoms with Gasteiger partial charge in [-0.25, -0.2) is 4.79 Å². The first-order chi connectivity index (χ1) is 11.3. The van der Waals surface area contributed by atoms with Crippen molar-refractivity contribution >= 4 is 19.6 Å². The third-order valence-corrected chi connectivity index (χ3v) is 5.44. The van der Waals surface area contributed by atoms with Crippen molar-refractivity contribution in [3.63, 3.8) is 0 Å². The van der Waals surface area contributed by atoms with Gasteiger partial charge in [-0.3, -0.25) is 4.57 Å². The second-order valence-corrected chi connectivity index (χ2v) is 7.64. The molecular formula is C18H27O5P. The lowest BCUT2D eigenvalue weighted by molar-refractivity contribution is -0.135. The molecule has 0 heterocycles. The molecule has 0 fully saturated rings. The van der Waals surface area contributed by atoms with E-state index in [0.29, 0.717) is 5.92 Å². The Morgan fingerprint density at radius 3 is 2.08 bits per heavy atom. The Labute approximate surface area is 144 Å². The highest BCUT2D eigenvalue weighted by molar-refractivity contribution is 7.54. The number of rotatable bonds is 9. The zero-order valence-electron chi connectivity index (χ0n) is 15.1. The topological polar surface area (TPSA) is 61.8 Å². The van der Waals surface area contributed by atoms with Crippen LogP contribution in [0, 0.1) is 0 Å². The zero-order chi connectivity index (χ0) is 18.2. The summed E-state index contributed by atoms with van der Waals surface area (Å²) in [5.41, 5.74) is 2.31. The summed E-state index contributed by atoms with van der Waals surface area (Å²) in [5, 5.41) is 0. The van der Waals surface area contributed by atoms with Crippen molar-refractivity contribution in [3.05, 3.63) is 41.0 Å². The van der Waals surface area contributed by atoms with Crippen LogP contribution < -0.4 is 0 Å². The second kappa shape index (κ2) is 9.77. The molecule has 1 aromatic rings. The summed E-state index contributed by atoms with van der Waals surface area (Å²) in [6.45, 7) is 8.19. The van der Waals surface area contributed by atoms with Gasteiger partial charge in [0, 0.05) is 5.57 Å². The van der Waals surface area contributed by atoms with Crippen LogP contribution in [0.1, 0.15) is 44.7 Å². The third-order valence-electron chi connectivity index (χ3n) is 3.41. The number of hydrogen-bond acceptors (Lipinski definition) is 5. The van der Waals surface area contributed by atoms with Crippen LogP contribution in [0.5, 0.6) is 0 Å². The second-order valence-electron chi connectivity index (χ2n) is 5.59. The summed E-state index contributed by atoms with van der Waals surface area (Å²) in [5.74, 6) is -0.109. The van der Waals surface area contributed by atoms with E-state index in [1.54, 1.807) is 19.9 Å². The summed E-state index contributed by atoms with van der Waals surface area (Å²) < 4.78 is 28.0. The van der Waals surface area contributed by atoms with Crippen LogP contribution in [0.3, 0.4) is 0 Å². The van der Waals surface area contributed by atoms with E-state index >= 15 is 0 Å². The average Bonchev–Trinajstić information content (AvgIpc) is 2.54. The highest BCUT2D eigenvalue weighted by Gasteiger charge is 2.28. The van der Waals surface area contributed by atoms with Gasteiger partial charge >= 0.3 is 13.6 Å². The first-order valence-electron chi connectivity index (χ1n) is 8.12. The zero-order valence-corrected chi connectivity index (χ0v) is 16.0. The lowest BCUT2D eigenvalue weighted by Crippen LogP contribution is -2.11. The maximum Gasteiger partial charge on any atom is 0.335 e. The highest BCUT2D eigenvalue weighted by Crippen LogP contribution is 2.49. The molecule has 0 bridgehead atoms. The number of hydrogen-bond donors (Lipinski definition) is 0. The Hall–Kier alpha value is -1.42. The van der Waals surface area contributed by atoms with Crippen LogP contribution in [-0.4, -0.2) is 32.5 Å². The summed E-state index contributed by atoms with van der Waals surface area (Å²) >= 11 is 0. The Kier molecular flexibility index (Phi) is 8.40. The van der Waals surface area contributed by atoms with Gasteiger partial charge in [-0.2, -0.15) is 0 Å². The summed E-state index contributed by atoms with van der Waals surface area (Å²) in [6.07, 6.45) is 1.55. The van der Waals surface area contributed by atoms with Gasteiger partial charge in [0.15, 0.2) is 0 Å². The largest absolute Gasteiger partial charge is 0.466 e. The first-order valence-corrected chi connectivity index (χ1v) is 9.85. The van der Waals surface area contributed by atoms with Crippen LogP contribution in [0.4, 0.5) is 0 Å². The normalized spacial score (nSPS) is 12.5. The van der Waals surface area contributed by atoms with Gasteiger partial charge in [-0.1, -0.05) is 38.1 Å². The molecule has 0 aromatic heterocycles. The van der Waals surface area contributed by atoms with Crippen LogP contribution in [0.15, 0.2) is 29.8 Å². The van der Waals surface area contributed by atoms with E-state index in [9.17, 15) is 9.36 Å². The minimum atomic E-state index is -3.37. The van der Waals surface area contributed by atoms with Gasteiger partial charge < -0.3 is 13.8 Å². The fraction of sp³-hybridized carbons (Fsp3) is 0.500. The van der Waals surface area contributed by atoms with Crippen LogP contribution in [0.25, 0.3) is 6.08 Å². The van der Waals surface area contributed by atoms with Crippen molar-refractivity contribution < 1.29 is 23.1 Å². The average molecular weight is 354 g/mol. The lowest BCUT2D eigenvalue weighted by Gasteiger charge is -2.17. The Bertz CT molecular complexity index is 594. The Morgan fingerprint density at radius 1 is 1.12 bits per heavy atom.